The smallest absolute Gasteiger partial charge is 0.323 e. The zero-order valence-corrected chi connectivity index (χ0v) is 8.83. The van der Waals surface area contributed by atoms with Crippen molar-refractivity contribution in [2.24, 2.45) is 5.84 Å². The van der Waals surface area contributed by atoms with Gasteiger partial charge in [-0.05, 0) is 20.1 Å². The minimum Gasteiger partial charge on any atom is -0.346 e. The van der Waals surface area contributed by atoms with Gasteiger partial charge in [-0.1, -0.05) is 0 Å². The van der Waals surface area contributed by atoms with E-state index in [1.165, 1.54) is 0 Å². The molecule has 0 saturated heterocycles. The van der Waals surface area contributed by atoms with Gasteiger partial charge < -0.3 is 5.32 Å². The van der Waals surface area contributed by atoms with Crippen molar-refractivity contribution in [3.8, 4) is 0 Å². The lowest BCUT2D eigenvalue weighted by Gasteiger charge is -2.21. The van der Waals surface area contributed by atoms with Crippen LogP contribution in [-0.4, -0.2) is 29.4 Å². The Balaban J connectivity index is 3.90. The van der Waals surface area contributed by atoms with Gasteiger partial charge in [-0.25, -0.2) is 5.84 Å². The molecule has 0 aromatic carbocycles. The molecule has 0 atom stereocenters. The number of nitrogens with one attached hydrogen (secondary N) is 2. The third-order valence-electron chi connectivity index (χ3n) is 1.56. The first-order valence-corrected chi connectivity index (χ1v) is 4.99. The zero-order chi connectivity index (χ0) is 10.5. The fraction of sp³-hybridized carbons (Fsp3) is 0.714. The summed E-state index contributed by atoms with van der Waals surface area (Å²) in [6, 6.07) is 0. The molecule has 6 heteroatoms. The Bertz CT molecular complexity index is 206. The minimum atomic E-state index is -0.822. The molecule has 0 bridgehead atoms. The summed E-state index contributed by atoms with van der Waals surface area (Å²) in [5.74, 6) is 3.25. The molecule has 0 aromatic heterocycles. The lowest BCUT2D eigenvalue weighted by molar-refractivity contribution is -0.139. The Labute approximate surface area is 81.8 Å². The Morgan fingerprint density at radius 2 is 1.92 bits per heavy atom. The van der Waals surface area contributed by atoms with Gasteiger partial charge in [0.15, 0.2) is 0 Å². The van der Waals surface area contributed by atoms with E-state index >= 15 is 0 Å². The maximum atomic E-state index is 10.9. The molecule has 0 rings (SSSR count). The SMILES string of the molecule is CSC(C)(C)CNC(=O)C(=O)NN. The molecule has 13 heavy (non-hydrogen) atoms. The highest BCUT2D eigenvalue weighted by atomic mass is 32.2. The molecule has 0 aliphatic heterocycles. The van der Waals surface area contributed by atoms with Gasteiger partial charge in [0.2, 0.25) is 0 Å². The Morgan fingerprint density at radius 3 is 2.31 bits per heavy atom. The van der Waals surface area contributed by atoms with Crippen molar-refractivity contribution >= 4 is 23.6 Å². The number of hydrogen-bond donors (Lipinski definition) is 3. The molecule has 0 unspecified atom stereocenters. The predicted octanol–water partition coefficient (Wildman–Crippen LogP) is -0.766. The van der Waals surface area contributed by atoms with Crippen molar-refractivity contribution in [2.75, 3.05) is 12.8 Å². The van der Waals surface area contributed by atoms with E-state index < -0.39 is 11.8 Å². The number of nitrogens with two attached hydrogens (primary N) is 1. The fourth-order valence-electron chi connectivity index (χ4n) is 0.511. The third kappa shape index (κ3) is 4.74. The van der Waals surface area contributed by atoms with Crippen LogP contribution < -0.4 is 16.6 Å². The molecule has 0 fully saturated rings. The Kier molecular flexibility index (Phi) is 4.79. The number of carbonyl (C=O) groups is 2. The third-order valence-corrected chi connectivity index (χ3v) is 2.81. The highest BCUT2D eigenvalue weighted by molar-refractivity contribution is 7.99. The van der Waals surface area contributed by atoms with Crippen molar-refractivity contribution < 1.29 is 9.59 Å². The largest absolute Gasteiger partial charge is 0.346 e. The molecular formula is C7H15N3O2S. The van der Waals surface area contributed by atoms with Crippen LogP contribution in [0.4, 0.5) is 0 Å². The van der Waals surface area contributed by atoms with E-state index in [1.807, 2.05) is 20.1 Å². The van der Waals surface area contributed by atoms with Gasteiger partial charge in [-0.2, -0.15) is 11.8 Å². The normalized spacial score (nSPS) is 10.8. The van der Waals surface area contributed by atoms with Crippen molar-refractivity contribution in [3.05, 3.63) is 0 Å². The number of hydrazine groups is 1. The van der Waals surface area contributed by atoms with Gasteiger partial charge in [0.1, 0.15) is 0 Å². The van der Waals surface area contributed by atoms with E-state index in [1.54, 1.807) is 17.2 Å². The average Bonchev–Trinajstić information content (AvgIpc) is 2.13. The number of carbonyl (C=O) groups excluding carboxylic acids is 2. The monoisotopic (exact) mass is 205 g/mol. The molecule has 4 N–H and O–H groups in total. The molecule has 0 saturated carbocycles. The lowest BCUT2D eigenvalue weighted by atomic mass is 10.2. The topological polar surface area (TPSA) is 84.2 Å². The van der Waals surface area contributed by atoms with Crippen LogP contribution in [0.2, 0.25) is 0 Å². The molecule has 0 aromatic rings. The maximum absolute atomic E-state index is 10.9. The molecule has 0 heterocycles. The molecule has 0 spiro atoms. The molecule has 5 nitrogen and oxygen atoms in total. The van der Waals surface area contributed by atoms with Crippen LogP contribution in [0.5, 0.6) is 0 Å². The van der Waals surface area contributed by atoms with Crippen LogP contribution in [0, 0.1) is 0 Å². The molecule has 0 aliphatic rings. The number of amides is 2. The van der Waals surface area contributed by atoms with Gasteiger partial charge in [0.25, 0.3) is 0 Å². The van der Waals surface area contributed by atoms with Gasteiger partial charge in [0, 0.05) is 11.3 Å². The van der Waals surface area contributed by atoms with Crippen LogP contribution in [0.25, 0.3) is 0 Å². The van der Waals surface area contributed by atoms with Gasteiger partial charge >= 0.3 is 11.8 Å². The van der Waals surface area contributed by atoms with Crippen molar-refractivity contribution in [1.82, 2.24) is 10.7 Å². The van der Waals surface area contributed by atoms with Crippen molar-refractivity contribution in [2.45, 2.75) is 18.6 Å². The van der Waals surface area contributed by atoms with Crippen LogP contribution in [-0.2, 0) is 9.59 Å². The summed E-state index contributed by atoms with van der Waals surface area (Å²) in [5.41, 5.74) is 1.76. The molecule has 76 valence electrons. The van der Waals surface area contributed by atoms with Gasteiger partial charge in [-0.3, -0.25) is 15.0 Å². The number of hydrogen-bond acceptors (Lipinski definition) is 4. The van der Waals surface area contributed by atoms with E-state index in [9.17, 15) is 9.59 Å². The standard InChI is InChI=1S/C7H15N3O2S/c1-7(2,13-3)4-9-5(11)6(12)10-8/h4,8H2,1-3H3,(H,9,11)(H,10,12). The zero-order valence-electron chi connectivity index (χ0n) is 8.01. The molecule has 0 radical (unpaired) electrons. The van der Waals surface area contributed by atoms with Crippen LogP contribution in [0.1, 0.15) is 13.8 Å². The highest BCUT2D eigenvalue weighted by Gasteiger charge is 2.19. The van der Waals surface area contributed by atoms with E-state index in [2.05, 4.69) is 5.32 Å². The lowest BCUT2D eigenvalue weighted by Crippen LogP contribution is -2.46. The summed E-state index contributed by atoms with van der Waals surface area (Å²) in [7, 11) is 0. The molecule has 2 amide bonds. The predicted molar refractivity (Wildman–Crippen MR) is 52.9 cm³/mol. The van der Waals surface area contributed by atoms with Crippen LogP contribution in [0.3, 0.4) is 0 Å². The second kappa shape index (κ2) is 5.08. The second-order valence-electron chi connectivity index (χ2n) is 3.12. The summed E-state index contributed by atoms with van der Waals surface area (Å²) < 4.78 is -0.0788. The maximum Gasteiger partial charge on any atom is 0.323 e. The van der Waals surface area contributed by atoms with Crippen LogP contribution >= 0.6 is 11.8 Å². The summed E-state index contributed by atoms with van der Waals surface area (Å²) in [5, 5.41) is 2.47. The first-order valence-electron chi connectivity index (χ1n) is 3.77. The summed E-state index contributed by atoms with van der Waals surface area (Å²) >= 11 is 1.61. The second-order valence-corrected chi connectivity index (χ2v) is 4.63. The molecule has 0 aliphatic carbocycles. The van der Waals surface area contributed by atoms with Gasteiger partial charge in [0.05, 0.1) is 0 Å². The van der Waals surface area contributed by atoms with Gasteiger partial charge in [-0.15, -0.1) is 0 Å². The summed E-state index contributed by atoms with van der Waals surface area (Å²) in [6.07, 6.45) is 1.94. The van der Waals surface area contributed by atoms with E-state index in [4.69, 9.17) is 5.84 Å². The average molecular weight is 205 g/mol. The van der Waals surface area contributed by atoms with Crippen molar-refractivity contribution in [1.29, 1.82) is 0 Å². The summed E-state index contributed by atoms with van der Waals surface area (Å²) in [4.78, 5) is 21.6. The number of rotatable bonds is 3. The summed E-state index contributed by atoms with van der Waals surface area (Å²) in [6.45, 7) is 4.37. The highest BCUT2D eigenvalue weighted by Crippen LogP contribution is 2.19. The first-order chi connectivity index (χ1) is 5.93. The fourth-order valence-corrected chi connectivity index (χ4v) is 0.728. The Morgan fingerprint density at radius 1 is 1.38 bits per heavy atom. The minimum absolute atomic E-state index is 0.0788. The van der Waals surface area contributed by atoms with E-state index in [-0.39, 0.29) is 4.75 Å². The first kappa shape index (κ1) is 12.2. The number of thioether (sulfide) groups is 1. The van der Waals surface area contributed by atoms with E-state index in [0.717, 1.165) is 0 Å². The molecular weight excluding hydrogens is 190 g/mol. The van der Waals surface area contributed by atoms with E-state index in [0.29, 0.717) is 6.54 Å². The Hall–Kier alpha value is -0.750. The van der Waals surface area contributed by atoms with Crippen molar-refractivity contribution in [3.63, 3.8) is 0 Å². The quantitative estimate of drug-likeness (QED) is 0.244. The van der Waals surface area contributed by atoms with Crippen LogP contribution in [0.15, 0.2) is 0 Å².